The van der Waals surface area contributed by atoms with Gasteiger partial charge in [0, 0.05) is 11.8 Å². The summed E-state index contributed by atoms with van der Waals surface area (Å²) < 4.78 is 19.3. The van der Waals surface area contributed by atoms with E-state index >= 15 is 0 Å². The molecule has 1 aliphatic carbocycles. The molecule has 0 aliphatic heterocycles. The molecular weight excluding hydrogens is 219 g/mol. The Morgan fingerprint density at radius 3 is 2.82 bits per heavy atom. The van der Waals surface area contributed by atoms with Gasteiger partial charge in [0.05, 0.1) is 6.10 Å². The number of rotatable bonds is 3. The van der Waals surface area contributed by atoms with Crippen molar-refractivity contribution < 1.29 is 14.2 Å². The average molecular weight is 238 g/mol. The molecule has 3 heteroatoms. The van der Waals surface area contributed by atoms with E-state index in [1.165, 1.54) is 6.07 Å². The molecule has 2 rings (SSSR count). The summed E-state index contributed by atoms with van der Waals surface area (Å²) in [4.78, 5) is 0. The van der Waals surface area contributed by atoms with Gasteiger partial charge in [-0.3, -0.25) is 0 Å². The van der Waals surface area contributed by atoms with Gasteiger partial charge in [0.1, 0.15) is 6.10 Å². The maximum Gasteiger partial charge on any atom is 0.165 e. The molecule has 0 radical (unpaired) electrons. The highest BCUT2D eigenvalue weighted by atomic mass is 19.1. The monoisotopic (exact) mass is 238 g/mol. The van der Waals surface area contributed by atoms with Crippen LogP contribution in [0.25, 0.3) is 0 Å². The third-order valence-corrected chi connectivity index (χ3v) is 4.05. The maximum absolute atomic E-state index is 13.6. The Kier molecular flexibility index (Phi) is 3.13. The van der Waals surface area contributed by atoms with E-state index < -0.39 is 0 Å². The van der Waals surface area contributed by atoms with Gasteiger partial charge in [0.15, 0.2) is 11.6 Å². The fraction of sp³-hybridized carbons (Fsp3) is 0.571. The van der Waals surface area contributed by atoms with Gasteiger partial charge < -0.3 is 9.84 Å². The SMILES string of the molecule is CCC1(C)C(O)CC1Oc1cc(C)ccc1F. The second-order valence-corrected chi connectivity index (χ2v) is 5.15. The number of ether oxygens (including phenoxy) is 1. The zero-order valence-electron chi connectivity index (χ0n) is 10.5. The number of aliphatic hydroxyl groups excluding tert-OH is 1. The molecule has 2 nitrogen and oxygen atoms in total. The maximum atomic E-state index is 13.6. The molecule has 0 amide bonds. The van der Waals surface area contributed by atoms with Crippen molar-refractivity contribution in [3.8, 4) is 5.75 Å². The van der Waals surface area contributed by atoms with Crippen LogP contribution in [-0.4, -0.2) is 17.3 Å². The molecule has 94 valence electrons. The van der Waals surface area contributed by atoms with Crippen LogP contribution in [0.5, 0.6) is 5.75 Å². The lowest BCUT2D eigenvalue weighted by Crippen LogP contribution is -2.57. The van der Waals surface area contributed by atoms with E-state index in [4.69, 9.17) is 4.74 Å². The minimum absolute atomic E-state index is 0.0983. The van der Waals surface area contributed by atoms with Crippen molar-refractivity contribution >= 4 is 0 Å². The van der Waals surface area contributed by atoms with Gasteiger partial charge in [-0.2, -0.15) is 0 Å². The van der Waals surface area contributed by atoms with Gasteiger partial charge in [-0.15, -0.1) is 0 Å². The summed E-state index contributed by atoms with van der Waals surface area (Å²) in [6.07, 6.45) is 0.966. The number of aliphatic hydroxyl groups is 1. The van der Waals surface area contributed by atoms with Crippen LogP contribution in [0.3, 0.4) is 0 Å². The van der Waals surface area contributed by atoms with Crippen molar-refractivity contribution in [2.24, 2.45) is 5.41 Å². The minimum Gasteiger partial charge on any atom is -0.487 e. The lowest BCUT2D eigenvalue weighted by atomic mass is 9.63. The van der Waals surface area contributed by atoms with Crippen molar-refractivity contribution in [1.82, 2.24) is 0 Å². The summed E-state index contributed by atoms with van der Waals surface area (Å²) in [6, 6.07) is 4.84. The first-order valence-corrected chi connectivity index (χ1v) is 6.08. The molecule has 1 aromatic carbocycles. The fourth-order valence-electron chi connectivity index (χ4n) is 2.30. The standard InChI is InChI=1S/C14H19FO2/c1-4-14(3)12(16)8-13(14)17-11-7-9(2)5-6-10(11)15/h5-7,12-13,16H,4,8H2,1-3H3. The van der Waals surface area contributed by atoms with E-state index in [2.05, 4.69) is 0 Å². The van der Waals surface area contributed by atoms with Crippen molar-refractivity contribution in [3.05, 3.63) is 29.6 Å². The normalized spacial score (nSPS) is 32.1. The Bertz CT molecular complexity index is 419. The van der Waals surface area contributed by atoms with Crippen LogP contribution in [0.15, 0.2) is 18.2 Å². The first kappa shape index (κ1) is 12.4. The molecule has 0 heterocycles. The largest absolute Gasteiger partial charge is 0.487 e. The van der Waals surface area contributed by atoms with Crippen LogP contribution >= 0.6 is 0 Å². The Morgan fingerprint density at radius 2 is 2.24 bits per heavy atom. The summed E-state index contributed by atoms with van der Waals surface area (Å²) in [7, 11) is 0. The van der Waals surface area contributed by atoms with E-state index in [1.54, 1.807) is 12.1 Å². The van der Waals surface area contributed by atoms with E-state index in [0.29, 0.717) is 12.2 Å². The summed E-state index contributed by atoms with van der Waals surface area (Å²) >= 11 is 0. The first-order chi connectivity index (χ1) is 7.97. The Balaban J connectivity index is 2.14. The number of hydrogen-bond donors (Lipinski definition) is 1. The molecular formula is C14H19FO2. The smallest absolute Gasteiger partial charge is 0.165 e. The Labute approximate surface area is 101 Å². The number of aryl methyl sites for hydroxylation is 1. The number of benzene rings is 1. The van der Waals surface area contributed by atoms with Gasteiger partial charge in [-0.1, -0.05) is 19.9 Å². The zero-order valence-corrected chi connectivity index (χ0v) is 10.5. The molecule has 1 saturated carbocycles. The van der Waals surface area contributed by atoms with E-state index in [-0.39, 0.29) is 23.4 Å². The molecule has 1 N–H and O–H groups in total. The fourth-order valence-corrected chi connectivity index (χ4v) is 2.30. The van der Waals surface area contributed by atoms with Gasteiger partial charge in [-0.05, 0) is 31.0 Å². The predicted octanol–water partition coefficient (Wildman–Crippen LogP) is 3.06. The third kappa shape index (κ3) is 2.04. The van der Waals surface area contributed by atoms with Crippen LogP contribution in [0.2, 0.25) is 0 Å². The average Bonchev–Trinajstić information content (AvgIpc) is 2.32. The van der Waals surface area contributed by atoms with Crippen LogP contribution in [0.4, 0.5) is 4.39 Å². The highest BCUT2D eigenvalue weighted by Crippen LogP contribution is 2.46. The quantitative estimate of drug-likeness (QED) is 0.877. The van der Waals surface area contributed by atoms with Crippen molar-refractivity contribution in [2.45, 2.75) is 45.8 Å². The van der Waals surface area contributed by atoms with E-state index in [9.17, 15) is 9.50 Å². The molecule has 0 spiro atoms. The summed E-state index contributed by atoms with van der Waals surface area (Å²) in [5, 5.41) is 9.77. The molecule has 1 fully saturated rings. The molecule has 3 atom stereocenters. The van der Waals surface area contributed by atoms with Crippen molar-refractivity contribution in [3.63, 3.8) is 0 Å². The van der Waals surface area contributed by atoms with Crippen molar-refractivity contribution in [1.29, 1.82) is 0 Å². The molecule has 3 unspecified atom stereocenters. The highest BCUT2D eigenvalue weighted by molar-refractivity contribution is 5.30. The molecule has 17 heavy (non-hydrogen) atoms. The van der Waals surface area contributed by atoms with Crippen LogP contribution in [-0.2, 0) is 0 Å². The van der Waals surface area contributed by atoms with Gasteiger partial charge in [0.25, 0.3) is 0 Å². The van der Waals surface area contributed by atoms with Crippen molar-refractivity contribution in [2.75, 3.05) is 0 Å². The molecule has 0 saturated heterocycles. The van der Waals surface area contributed by atoms with Gasteiger partial charge in [0.2, 0.25) is 0 Å². The van der Waals surface area contributed by atoms with Crippen LogP contribution < -0.4 is 4.74 Å². The Morgan fingerprint density at radius 1 is 1.53 bits per heavy atom. The molecule has 1 aromatic rings. The summed E-state index contributed by atoms with van der Waals surface area (Å²) in [5.74, 6) is -0.0444. The van der Waals surface area contributed by atoms with E-state index in [0.717, 1.165) is 12.0 Å². The Hall–Kier alpha value is -1.09. The second-order valence-electron chi connectivity index (χ2n) is 5.15. The summed E-state index contributed by atoms with van der Waals surface area (Å²) in [5.41, 5.74) is 0.718. The summed E-state index contributed by atoms with van der Waals surface area (Å²) in [6.45, 7) is 5.91. The van der Waals surface area contributed by atoms with Gasteiger partial charge >= 0.3 is 0 Å². The zero-order chi connectivity index (χ0) is 12.6. The van der Waals surface area contributed by atoms with Crippen LogP contribution in [0, 0.1) is 18.2 Å². The lowest BCUT2D eigenvalue weighted by molar-refractivity contribution is -0.147. The topological polar surface area (TPSA) is 29.5 Å². The first-order valence-electron chi connectivity index (χ1n) is 6.08. The number of hydrogen-bond acceptors (Lipinski definition) is 2. The number of halogens is 1. The third-order valence-electron chi connectivity index (χ3n) is 4.05. The van der Waals surface area contributed by atoms with Gasteiger partial charge in [-0.25, -0.2) is 4.39 Å². The molecule has 1 aliphatic rings. The molecule has 0 aromatic heterocycles. The van der Waals surface area contributed by atoms with E-state index in [1.807, 2.05) is 20.8 Å². The molecule has 0 bridgehead atoms. The lowest BCUT2D eigenvalue weighted by Gasteiger charge is -2.50. The highest BCUT2D eigenvalue weighted by Gasteiger charge is 2.51. The minimum atomic E-state index is -0.342. The van der Waals surface area contributed by atoms with Crippen LogP contribution in [0.1, 0.15) is 32.3 Å². The second kappa shape index (κ2) is 4.30. The predicted molar refractivity (Wildman–Crippen MR) is 64.6 cm³/mol.